The van der Waals surface area contributed by atoms with Gasteiger partial charge >= 0.3 is 12.2 Å². The predicted octanol–water partition coefficient (Wildman–Crippen LogP) is 1.09. The number of methoxy groups -OCH3 is 3. The number of rotatable bonds is 25. The van der Waals surface area contributed by atoms with E-state index in [-0.39, 0.29) is 132 Å². The summed E-state index contributed by atoms with van der Waals surface area (Å²) in [6, 6.07) is 11.8. The highest BCUT2D eigenvalue weighted by Crippen LogP contribution is 2.45. The minimum atomic E-state index is -1.81. The second-order valence-corrected chi connectivity index (χ2v) is 26.6. The number of ether oxygens (including phenoxy) is 11. The van der Waals surface area contributed by atoms with Gasteiger partial charge in [0.2, 0.25) is 12.6 Å². The van der Waals surface area contributed by atoms with Crippen LogP contribution in [0, 0.1) is 0 Å². The van der Waals surface area contributed by atoms with Crippen LogP contribution in [-0.4, -0.2) is 262 Å². The van der Waals surface area contributed by atoms with Crippen molar-refractivity contribution in [3.63, 3.8) is 0 Å². The van der Waals surface area contributed by atoms with Crippen molar-refractivity contribution >= 4 is 47.2 Å². The van der Waals surface area contributed by atoms with E-state index >= 15 is 0 Å². The van der Waals surface area contributed by atoms with Crippen LogP contribution in [0.5, 0.6) is 34.5 Å². The van der Waals surface area contributed by atoms with Crippen LogP contribution >= 0.6 is 0 Å². The van der Waals surface area contributed by atoms with Gasteiger partial charge < -0.3 is 124 Å². The molecule has 33 heteroatoms. The van der Waals surface area contributed by atoms with Gasteiger partial charge in [-0.2, -0.15) is 0 Å². The molecule has 6 aliphatic heterocycles. The van der Waals surface area contributed by atoms with Gasteiger partial charge in [0.25, 0.3) is 23.6 Å². The molecule has 6 amide bonds. The number of carbonyl (C=O) groups excluding carboxylic acids is 6. The van der Waals surface area contributed by atoms with E-state index in [2.05, 4.69) is 23.8 Å². The van der Waals surface area contributed by atoms with Crippen LogP contribution in [0.25, 0.3) is 0 Å². The molecular formula is C70H88N6O27. The third kappa shape index (κ3) is 16.7. The van der Waals surface area contributed by atoms with Crippen LogP contribution in [0.2, 0.25) is 0 Å². The number of benzene rings is 4. The summed E-state index contributed by atoms with van der Waals surface area (Å²) in [6.45, 7) is 11.2. The highest BCUT2D eigenvalue weighted by Gasteiger charge is 2.50. The molecule has 6 heterocycles. The van der Waals surface area contributed by atoms with E-state index in [4.69, 9.17) is 52.1 Å². The van der Waals surface area contributed by atoms with Crippen LogP contribution in [0.1, 0.15) is 105 Å². The van der Waals surface area contributed by atoms with Crippen molar-refractivity contribution in [2.75, 3.05) is 83.8 Å². The van der Waals surface area contributed by atoms with E-state index < -0.39 is 154 Å². The standard InChI is InChI=1S/C70H88N6O27/c1-34-20-44-64(89)75(68(91)98-32-36-12-14-46(40(22-36)60(85)71-16-19-93-6)100-66-58(83)56(81)54(79)52(30-77)102-66)42-26-50(48(94-7)24-38(42)62(87)73(44)28-34)96-17-10-9-11-18-97-51-27-43-39(25-49(51)95-8)63(88)74-29-35(2)21-45(74)65(90)76(43)69(92)99-33-37-13-15-47(41(23-37)61(86)72-70(3,4)5)101-67-59(84)57(82)55(80)53(31-78)103-67/h12-15,22-27,44-45,52-59,64-67,77-84,89-90H,1-2,9-11,16-21,28-33H2,3-8H3,(H,71,85)(H,72,86)/t44-,45-,52+,53+,54-,55-,56-,57-,58+,59+,64?,65?,66+,67+/m0/s1. The molecule has 33 nitrogen and oxygen atoms in total. The van der Waals surface area contributed by atoms with Gasteiger partial charge in [0.05, 0.1) is 93.0 Å². The first-order valence-electron chi connectivity index (χ1n) is 33.3. The summed E-state index contributed by atoms with van der Waals surface area (Å²) in [5.74, 6) is -2.33. The molecule has 560 valence electrons. The zero-order valence-electron chi connectivity index (χ0n) is 57.6. The number of anilines is 2. The minimum Gasteiger partial charge on any atom is -0.493 e. The fourth-order valence-corrected chi connectivity index (χ4v) is 12.8. The maximum absolute atomic E-state index is 14.6. The topological polar surface area (TPSA) is 443 Å². The summed E-state index contributed by atoms with van der Waals surface area (Å²) >= 11 is 0. The predicted molar refractivity (Wildman–Crippen MR) is 358 cm³/mol. The first-order chi connectivity index (χ1) is 49.1. The van der Waals surface area contributed by atoms with Crippen molar-refractivity contribution in [1.82, 2.24) is 20.4 Å². The van der Waals surface area contributed by atoms with Crippen molar-refractivity contribution in [2.45, 2.75) is 158 Å². The van der Waals surface area contributed by atoms with E-state index in [1.165, 1.54) is 91.8 Å². The summed E-state index contributed by atoms with van der Waals surface area (Å²) in [6.07, 6.45) is -20.5. The quantitative estimate of drug-likeness (QED) is 0.0326. The van der Waals surface area contributed by atoms with E-state index in [0.717, 1.165) is 9.80 Å². The second kappa shape index (κ2) is 32.8. The summed E-state index contributed by atoms with van der Waals surface area (Å²) < 4.78 is 63.5. The van der Waals surface area contributed by atoms with Crippen LogP contribution < -0.4 is 48.9 Å². The number of hydrogen-bond acceptors (Lipinski definition) is 27. The van der Waals surface area contributed by atoms with Crippen molar-refractivity contribution in [1.29, 1.82) is 0 Å². The lowest BCUT2D eigenvalue weighted by molar-refractivity contribution is -0.277. The molecule has 12 N–H and O–H groups in total. The number of nitrogens with zero attached hydrogens (tertiary/aromatic N) is 4. The average molecular weight is 1450 g/mol. The number of amides is 6. The highest BCUT2D eigenvalue weighted by molar-refractivity contribution is 6.07. The van der Waals surface area contributed by atoms with Crippen LogP contribution in [0.4, 0.5) is 21.0 Å². The monoisotopic (exact) mass is 1440 g/mol. The molecule has 0 aromatic heterocycles. The Labute approximate surface area is 591 Å². The summed E-state index contributed by atoms with van der Waals surface area (Å²) in [5.41, 5.74) is 0.448. The molecule has 4 saturated heterocycles. The second-order valence-electron chi connectivity index (χ2n) is 26.6. The number of unbranched alkanes of at least 4 members (excludes halogenated alkanes) is 2. The molecule has 103 heavy (non-hydrogen) atoms. The Balaban J connectivity index is 0.823. The van der Waals surface area contributed by atoms with Crippen molar-refractivity contribution < 1.29 is 132 Å². The highest BCUT2D eigenvalue weighted by atomic mass is 16.7. The van der Waals surface area contributed by atoms with Crippen molar-refractivity contribution in [3.8, 4) is 34.5 Å². The van der Waals surface area contributed by atoms with Crippen LogP contribution in [0.3, 0.4) is 0 Å². The average Bonchev–Trinajstić information content (AvgIpc) is 1.62. The number of hydrogen-bond donors (Lipinski definition) is 12. The van der Waals surface area contributed by atoms with E-state index in [1.54, 1.807) is 20.8 Å². The van der Waals surface area contributed by atoms with Crippen LogP contribution in [-0.2, 0) is 36.9 Å². The van der Waals surface area contributed by atoms with Crippen molar-refractivity contribution in [3.05, 3.63) is 118 Å². The van der Waals surface area contributed by atoms with Crippen molar-refractivity contribution in [2.24, 2.45) is 0 Å². The largest absolute Gasteiger partial charge is 0.493 e. The maximum atomic E-state index is 14.6. The van der Waals surface area contributed by atoms with Gasteiger partial charge in [0.15, 0.2) is 35.5 Å². The lowest BCUT2D eigenvalue weighted by atomic mass is 9.99. The molecule has 6 aliphatic rings. The van der Waals surface area contributed by atoms with Gasteiger partial charge in [0, 0.05) is 44.4 Å². The molecule has 2 unspecified atom stereocenters. The number of aliphatic hydroxyl groups excluding tert-OH is 10. The third-order valence-corrected chi connectivity index (χ3v) is 18.1. The number of aliphatic hydroxyl groups is 10. The lowest BCUT2D eigenvalue weighted by Crippen LogP contribution is -2.60. The SMILES string of the molecule is C=C1C[C@H]2C(O)N(C(=O)OCc3ccc(O[C@@H]4O[C@H](CO)[C@H](O)[C@H](O)[C@H]4O)c(C(=O)NCCOC)c3)c3cc(OCCCCCOc4cc5c(cc4OC)C(=O)N4CC(=C)C[C@H]4C(O)N5C(=O)OCc4ccc(O[C@@H]5O[C@H](CO)[C@H](O)[C@H](O)[C@H]5O)c(C(=O)NC(C)(C)C)c4)c(OC)cc3C(=O)N2C1. The molecule has 0 bridgehead atoms. The molecule has 4 aromatic carbocycles. The zero-order chi connectivity index (χ0) is 74.5. The smallest absolute Gasteiger partial charge is 0.416 e. The Bertz CT molecular complexity index is 3810. The van der Waals surface area contributed by atoms with Gasteiger partial charge in [-0.25, -0.2) is 19.4 Å². The first kappa shape index (κ1) is 76.7. The van der Waals surface area contributed by atoms with E-state index in [0.29, 0.717) is 30.4 Å². The Morgan fingerprint density at radius 2 is 0.971 bits per heavy atom. The Morgan fingerprint density at radius 1 is 0.544 bits per heavy atom. The minimum absolute atomic E-state index is 0.0343. The summed E-state index contributed by atoms with van der Waals surface area (Å²) in [5, 5.41) is 112. The zero-order valence-corrected chi connectivity index (χ0v) is 57.6. The fraction of sp³-hybridized carbons (Fsp3) is 0.514. The van der Waals surface area contributed by atoms with E-state index in [1.807, 2.05) is 0 Å². The number of fused-ring (bicyclic) bond motifs is 4. The number of nitrogens with one attached hydrogen (secondary N) is 2. The molecule has 0 spiro atoms. The van der Waals surface area contributed by atoms with Gasteiger partial charge in [-0.05, 0) is 100 Å². The van der Waals surface area contributed by atoms with Gasteiger partial charge in [0.1, 0.15) is 73.5 Å². The van der Waals surface area contributed by atoms with Crippen LogP contribution in [0.15, 0.2) is 85.0 Å². The van der Waals surface area contributed by atoms with Gasteiger partial charge in [-0.3, -0.25) is 19.2 Å². The first-order valence-corrected chi connectivity index (χ1v) is 33.3. The van der Waals surface area contributed by atoms with Gasteiger partial charge in [-0.15, -0.1) is 0 Å². The molecule has 0 aliphatic carbocycles. The van der Waals surface area contributed by atoms with Gasteiger partial charge in [-0.1, -0.05) is 36.4 Å². The molecular weight excluding hydrogens is 1360 g/mol. The molecule has 10 rings (SSSR count). The maximum Gasteiger partial charge on any atom is 0.416 e. The molecule has 14 atom stereocenters. The molecule has 0 saturated carbocycles. The van der Waals surface area contributed by atoms with E-state index in [9.17, 15) is 79.8 Å². The molecule has 4 fully saturated rings. The Kier molecular flexibility index (Phi) is 24.4. The lowest BCUT2D eigenvalue weighted by Gasteiger charge is -2.39. The third-order valence-electron chi connectivity index (χ3n) is 18.1. The fourth-order valence-electron chi connectivity index (χ4n) is 12.8. The molecule has 4 aromatic rings. The molecule has 0 radical (unpaired) electrons. The number of carbonyl (C=O) groups is 6. The summed E-state index contributed by atoms with van der Waals surface area (Å²) in [4.78, 5) is 90.0. The Hall–Kier alpha value is -8.94. The Morgan fingerprint density at radius 3 is 1.37 bits per heavy atom. The summed E-state index contributed by atoms with van der Waals surface area (Å²) in [7, 11) is 4.16. The normalized spacial score (nSPS) is 26.1.